The van der Waals surface area contributed by atoms with Gasteiger partial charge in [-0.05, 0) is 43.2 Å². The molecule has 1 aliphatic carbocycles. The molecule has 1 aromatic carbocycles. The lowest BCUT2D eigenvalue weighted by atomic mass is 9.80. The second-order valence-corrected chi connectivity index (χ2v) is 5.31. The molecule has 19 heavy (non-hydrogen) atoms. The van der Waals surface area contributed by atoms with E-state index < -0.39 is 0 Å². The molecule has 1 aromatic rings. The molecule has 3 nitrogen and oxygen atoms in total. The van der Waals surface area contributed by atoms with Crippen molar-refractivity contribution in [2.45, 2.75) is 25.8 Å². The molecule has 0 aliphatic heterocycles. The first-order valence-electron chi connectivity index (χ1n) is 6.82. The summed E-state index contributed by atoms with van der Waals surface area (Å²) >= 11 is 4.51. The molecule has 1 aliphatic rings. The van der Waals surface area contributed by atoms with Crippen molar-refractivity contribution in [1.82, 2.24) is 5.32 Å². The number of nitrogens with one attached hydrogen (secondary N) is 1. The van der Waals surface area contributed by atoms with Crippen LogP contribution in [-0.4, -0.2) is 32.6 Å². The van der Waals surface area contributed by atoms with E-state index in [4.69, 9.17) is 9.47 Å². The fourth-order valence-electron chi connectivity index (χ4n) is 2.96. The van der Waals surface area contributed by atoms with Gasteiger partial charge in [0.25, 0.3) is 0 Å². The molecule has 2 rings (SSSR count). The molecule has 0 fully saturated rings. The quantitative estimate of drug-likeness (QED) is 0.812. The van der Waals surface area contributed by atoms with E-state index in [9.17, 15) is 0 Å². The van der Waals surface area contributed by atoms with Crippen LogP contribution in [0.3, 0.4) is 0 Å². The van der Waals surface area contributed by atoms with Gasteiger partial charge in [0.2, 0.25) is 0 Å². The Hall–Kier alpha value is -0.870. The van der Waals surface area contributed by atoms with Crippen LogP contribution in [0.1, 0.15) is 18.1 Å². The maximum Gasteiger partial charge on any atom is 0.122 e. The summed E-state index contributed by atoms with van der Waals surface area (Å²) in [4.78, 5) is 0. The van der Waals surface area contributed by atoms with Gasteiger partial charge in [0, 0.05) is 17.2 Å². The van der Waals surface area contributed by atoms with Crippen LogP contribution in [0.25, 0.3) is 0 Å². The van der Waals surface area contributed by atoms with Crippen LogP contribution in [0, 0.1) is 5.92 Å². The first-order chi connectivity index (χ1) is 9.24. The number of rotatable bonds is 5. The largest absolute Gasteiger partial charge is 0.496 e. The lowest BCUT2D eigenvalue weighted by molar-refractivity contribution is 0.336. The van der Waals surface area contributed by atoms with Crippen molar-refractivity contribution < 1.29 is 9.47 Å². The van der Waals surface area contributed by atoms with Gasteiger partial charge in [0.05, 0.1) is 14.2 Å². The number of likely N-dealkylation sites (N-methyl/N-ethyl adjacent to an activating group) is 1. The Morgan fingerprint density at radius 3 is 2.21 bits per heavy atom. The lowest BCUT2D eigenvalue weighted by Crippen LogP contribution is -2.43. The topological polar surface area (TPSA) is 30.5 Å². The normalized spacial score (nSPS) is 21.9. The molecule has 2 atom stereocenters. The second kappa shape index (κ2) is 6.53. The SMILES string of the molecule is CCN[C@@H]1Cc2c(OC)ccc(OC)c2C[C@H]1CS. The van der Waals surface area contributed by atoms with Gasteiger partial charge in [0.1, 0.15) is 11.5 Å². The van der Waals surface area contributed by atoms with E-state index in [-0.39, 0.29) is 0 Å². The fraction of sp³-hybridized carbons (Fsp3) is 0.600. The number of fused-ring (bicyclic) bond motifs is 1. The van der Waals surface area contributed by atoms with Crippen LogP contribution in [-0.2, 0) is 12.8 Å². The van der Waals surface area contributed by atoms with Gasteiger partial charge in [-0.25, -0.2) is 0 Å². The van der Waals surface area contributed by atoms with Gasteiger partial charge in [-0.1, -0.05) is 6.92 Å². The Morgan fingerprint density at radius 2 is 1.74 bits per heavy atom. The van der Waals surface area contributed by atoms with E-state index >= 15 is 0 Å². The number of hydrogen-bond donors (Lipinski definition) is 2. The van der Waals surface area contributed by atoms with Crippen LogP contribution in [0.2, 0.25) is 0 Å². The summed E-state index contributed by atoms with van der Waals surface area (Å²) in [7, 11) is 3.46. The van der Waals surface area contributed by atoms with Crippen molar-refractivity contribution in [2.75, 3.05) is 26.5 Å². The van der Waals surface area contributed by atoms with Gasteiger partial charge in [0.15, 0.2) is 0 Å². The van der Waals surface area contributed by atoms with Crippen molar-refractivity contribution in [3.05, 3.63) is 23.3 Å². The van der Waals surface area contributed by atoms with Crippen molar-refractivity contribution in [2.24, 2.45) is 5.92 Å². The van der Waals surface area contributed by atoms with Crippen LogP contribution in [0.5, 0.6) is 11.5 Å². The molecule has 0 radical (unpaired) electrons. The van der Waals surface area contributed by atoms with E-state index in [2.05, 4.69) is 24.9 Å². The fourth-order valence-corrected chi connectivity index (χ4v) is 3.35. The highest BCUT2D eigenvalue weighted by molar-refractivity contribution is 7.80. The van der Waals surface area contributed by atoms with Gasteiger partial charge in [-0.15, -0.1) is 0 Å². The van der Waals surface area contributed by atoms with Crippen LogP contribution >= 0.6 is 12.6 Å². The van der Waals surface area contributed by atoms with Gasteiger partial charge in [-0.2, -0.15) is 12.6 Å². The van der Waals surface area contributed by atoms with E-state index in [1.54, 1.807) is 14.2 Å². The van der Waals surface area contributed by atoms with Crippen LogP contribution in [0.4, 0.5) is 0 Å². The lowest BCUT2D eigenvalue weighted by Gasteiger charge is -2.34. The number of hydrogen-bond acceptors (Lipinski definition) is 4. The summed E-state index contributed by atoms with van der Waals surface area (Å²) in [6.45, 7) is 3.13. The zero-order valence-corrected chi connectivity index (χ0v) is 12.8. The predicted molar refractivity (Wildman–Crippen MR) is 81.8 cm³/mol. The van der Waals surface area contributed by atoms with Crippen LogP contribution in [0.15, 0.2) is 12.1 Å². The van der Waals surface area contributed by atoms with Crippen molar-refractivity contribution in [3.8, 4) is 11.5 Å². The molecule has 0 amide bonds. The van der Waals surface area contributed by atoms with Crippen molar-refractivity contribution in [1.29, 1.82) is 0 Å². The molecule has 0 aromatic heterocycles. The zero-order valence-electron chi connectivity index (χ0n) is 11.9. The highest BCUT2D eigenvalue weighted by atomic mass is 32.1. The van der Waals surface area contributed by atoms with E-state index in [1.165, 1.54) is 11.1 Å². The van der Waals surface area contributed by atoms with Gasteiger partial charge >= 0.3 is 0 Å². The third-order valence-electron chi connectivity index (χ3n) is 3.95. The minimum atomic E-state index is 0.469. The van der Waals surface area contributed by atoms with E-state index in [0.717, 1.165) is 36.6 Å². The molecule has 0 heterocycles. The zero-order chi connectivity index (χ0) is 13.8. The molecular weight excluding hydrogens is 258 g/mol. The molecule has 106 valence electrons. The first kappa shape index (κ1) is 14.5. The molecule has 0 unspecified atom stereocenters. The molecule has 1 N–H and O–H groups in total. The minimum Gasteiger partial charge on any atom is -0.496 e. The summed E-state index contributed by atoms with van der Waals surface area (Å²) in [6.07, 6.45) is 1.98. The average molecular weight is 281 g/mol. The Bertz CT molecular complexity index is 436. The summed E-state index contributed by atoms with van der Waals surface area (Å²) in [5.74, 6) is 3.36. The highest BCUT2D eigenvalue weighted by Gasteiger charge is 2.30. The molecule has 0 spiro atoms. The number of thiol groups is 1. The molecule has 0 saturated carbocycles. The third-order valence-corrected chi connectivity index (χ3v) is 4.41. The maximum atomic E-state index is 5.51. The average Bonchev–Trinajstić information content (AvgIpc) is 2.45. The Morgan fingerprint density at radius 1 is 1.16 bits per heavy atom. The molecule has 0 saturated heterocycles. The number of methoxy groups -OCH3 is 2. The monoisotopic (exact) mass is 281 g/mol. The third kappa shape index (κ3) is 2.84. The van der Waals surface area contributed by atoms with Gasteiger partial charge < -0.3 is 14.8 Å². The van der Waals surface area contributed by atoms with Gasteiger partial charge in [-0.3, -0.25) is 0 Å². The smallest absolute Gasteiger partial charge is 0.122 e. The standard InChI is InChI=1S/C15H23NO2S/c1-4-16-13-8-12-11(7-10(13)9-19)14(17-2)5-6-15(12)18-3/h5-6,10,13,16,19H,4,7-9H2,1-3H3/t10-,13+/m0/s1. The Balaban J connectivity index is 2.40. The number of benzene rings is 1. The summed E-state index contributed by atoms with van der Waals surface area (Å²) in [6, 6.07) is 4.47. The second-order valence-electron chi connectivity index (χ2n) is 4.94. The van der Waals surface area contributed by atoms with Crippen LogP contribution < -0.4 is 14.8 Å². The summed E-state index contributed by atoms with van der Waals surface area (Å²) < 4.78 is 11.0. The van der Waals surface area contributed by atoms with Crippen molar-refractivity contribution in [3.63, 3.8) is 0 Å². The Kier molecular flexibility index (Phi) is 4.99. The minimum absolute atomic E-state index is 0.469. The predicted octanol–water partition coefficient (Wildman–Crippen LogP) is 2.33. The van der Waals surface area contributed by atoms with E-state index in [0.29, 0.717) is 12.0 Å². The number of ether oxygens (including phenoxy) is 2. The molecular formula is C15H23NO2S. The summed E-state index contributed by atoms with van der Waals surface area (Å²) in [5, 5.41) is 3.57. The van der Waals surface area contributed by atoms with E-state index in [1.807, 2.05) is 12.1 Å². The Labute approximate surface area is 121 Å². The highest BCUT2D eigenvalue weighted by Crippen LogP contribution is 2.38. The first-order valence-corrected chi connectivity index (χ1v) is 7.45. The van der Waals surface area contributed by atoms with Crippen molar-refractivity contribution >= 4 is 12.6 Å². The molecule has 4 heteroatoms. The maximum absolute atomic E-state index is 5.51. The summed E-state index contributed by atoms with van der Waals surface area (Å²) in [5.41, 5.74) is 2.57. The molecule has 0 bridgehead atoms.